The number of para-hydroxylation sites is 1. The Balaban J connectivity index is 1.55. The highest BCUT2D eigenvalue weighted by molar-refractivity contribution is 5.43. The average molecular weight is 317 g/mol. The summed E-state index contributed by atoms with van der Waals surface area (Å²) in [7, 11) is 1.65. The van der Waals surface area contributed by atoms with E-state index in [4.69, 9.17) is 4.74 Å². The van der Waals surface area contributed by atoms with Gasteiger partial charge in [0.25, 0.3) is 5.56 Å². The number of hydrogen-bond donors (Lipinski definition) is 0. The SMILES string of the molecule is Cn1nccc(N2CCC(COc3ccccc3F)CC2)c1=O. The summed E-state index contributed by atoms with van der Waals surface area (Å²) >= 11 is 0. The fourth-order valence-electron chi connectivity index (χ4n) is 2.84. The van der Waals surface area contributed by atoms with Crippen LogP contribution in [0.25, 0.3) is 0 Å². The second-order valence-electron chi connectivity index (χ2n) is 5.82. The minimum absolute atomic E-state index is 0.0754. The lowest BCUT2D eigenvalue weighted by Crippen LogP contribution is -2.39. The van der Waals surface area contributed by atoms with Crippen molar-refractivity contribution in [3.8, 4) is 5.75 Å². The molecule has 2 heterocycles. The zero-order chi connectivity index (χ0) is 16.2. The largest absolute Gasteiger partial charge is 0.490 e. The summed E-state index contributed by atoms with van der Waals surface area (Å²) in [5.74, 6) is 0.347. The molecule has 1 aromatic heterocycles. The van der Waals surface area contributed by atoms with Gasteiger partial charge in [0, 0.05) is 26.3 Å². The van der Waals surface area contributed by atoms with E-state index in [0.29, 0.717) is 24.0 Å². The predicted octanol–water partition coefficient (Wildman–Crippen LogP) is 2.21. The number of benzene rings is 1. The predicted molar refractivity (Wildman–Crippen MR) is 86.3 cm³/mol. The van der Waals surface area contributed by atoms with E-state index in [0.717, 1.165) is 25.9 Å². The van der Waals surface area contributed by atoms with Gasteiger partial charge in [0.05, 0.1) is 6.61 Å². The Morgan fingerprint density at radius 2 is 2.00 bits per heavy atom. The second kappa shape index (κ2) is 6.81. The minimum atomic E-state index is -0.329. The molecule has 0 unspecified atom stereocenters. The van der Waals surface area contributed by atoms with Gasteiger partial charge in [0.15, 0.2) is 11.6 Å². The lowest BCUT2D eigenvalue weighted by molar-refractivity contribution is 0.215. The molecule has 0 atom stereocenters. The topological polar surface area (TPSA) is 47.4 Å². The van der Waals surface area contributed by atoms with Crippen LogP contribution in [-0.4, -0.2) is 29.5 Å². The molecule has 1 saturated heterocycles. The Labute approximate surface area is 134 Å². The highest BCUT2D eigenvalue weighted by atomic mass is 19.1. The van der Waals surface area contributed by atoms with Crippen LogP contribution in [0.1, 0.15) is 12.8 Å². The summed E-state index contributed by atoms with van der Waals surface area (Å²) in [4.78, 5) is 14.2. The molecule has 0 saturated carbocycles. The highest BCUT2D eigenvalue weighted by Gasteiger charge is 2.22. The van der Waals surface area contributed by atoms with Gasteiger partial charge in [0.1, 0.15) is 5.69 Å². The molecule has 1 aromatic carbocycles. The Morgan fingerprint density at radius 1 is 1.26 bits per heavy atom. The Bertz CT molecular complexity index is 724. The third-order valence-corrected chi connectivity index (χ3v) is 4.25. The van der Waals surface area contributed by atoms with Crippen molar-refractivity contribution in [2.45, 2.75) is 12.8 Å². The van der Waals surface area contributed by atoms with Crippen molar-refractivity contribution in [2.75, 3.05) is 24.6 Å². The van der Waals surface area contributed by atoms with Crippen molar-refractivity contribution in [3.05, 3.63) is 52.7 Å². The van der Waals surface area contributed by atoms with Crippen LogP contribution in [0.2, 0.25) is 0 Å². The van der Waals surface area contributed by atoms with Crippen molar-refractivity contribution in [1.82, 2.24) is 9.78 Å². The van der Waals surface area contributed by atoms with Gasteiger partial charge in [-0.1, -0.05) is 12.1 Å². The standard InChI is InChI=1S/C17H20FN3O2/c1-20-17(22)15(6-9-19-20)21-10-7-13(8-11-21)12-23-16-5-3-2-4-14(16)18/h2-6,9,13H,7-8,10-12H2,1H3. The normalized spacial score (nSPS) is 15.7. The average Bonchev–Trinajstić information content (AvgIpc) is 2.57. The van der Waals surface area contributed by atoms with E-state index in [2.05, 4.69) is 10.00 Å². The van der Waals surface area contributed by atoms with Gasteiger partial charge in [-0.15, -0.1) is 0 Å². The molecular weight excluding hydrogens is 297 g/mol. The minimum Gasteiger partial charge on any atom is -0.490 e. The molecule has 0 aliphatic carbocycles. The van der Waals surface area contributed by atoms with Crippen LogP contribution in [0.4, 0.5) is 10.1 Å². The van der Waals surface area contributed by atoms with Crippen LogP contribution in [0, 0.1) is 11.7 Å². The second-order valence-corrected chi connectivity index (χ2v) is 5.82. The zero-order valence-electron chi connectivity index (χ0n) is 13.1. The van der Waals surface area contributed by atoms with Crippen LogP contribution >= 0.6 is 0 Å². The lowest BCUT2D eigenvalue weighted by atomic mass is 9.97. The Morgan fingerprint density at radius 3 is 2.74 bits per heavy atom. The van der Waals surface area contributed by atoms with Crippen LogP contribution in [0.3, 0.4) is 0 Å². The van der Waals surface area contributed by atoms with Crippen LogP contribution in [-0.2, 0) is 7.05 Å². The third kappa shape index (κ3) is 3.52. The summed E-state index contributed by atoms with van der Waals surface area (Å²) < 4.78 is 20.5. The van der Waals surface area contributed by atoms with Crippen molar-refractivity contribution in [3.63, 3.8) is 0 Å². The number of ether oxygens (including phenoxy) is 1. The van der Waals surface area contributed by atoms with Gasteiger partial charge in [-0.3, -0.25) is 4.79 Å². The van der Waals surface area contributed by atoms with Crippen molar-refractivity contribution < 1.29 is 9.13 Å². The van der Waals surface area contributed by atoms with Gasteiger partial charge in [-0.2, -0.15) is 5.10 Å². The molecule has 1 aliphatic heterocycles. The fraction of sp³-hybridized carbons (Fsp3) is 0.412. The molecule has 0 amide bonds. The number of aryl methyl sites for hydroxylation is 1. The van der Waals surface area contributed by atoms with E-state index >= 15 is 0 Å². The Hall–Kier alpha value is -2.37. The molecule has 23 heavy (non-hydrogen) atoms. The van der Waals surface area contributed by atoms with Crippen LogP contribution in [0.15, 0.2) is 41.3 Å². The molecule has 5 nitrogen and oxygen atoms in total. The molecule has 122 valence electrons. The number of aromatic nitrogens is 2. The van der Waals surface area contributed by atoms with E-state index in [9.17, 15) is 9.18 Å². The van der Waals surface area contributed by atoms with E-state index < -0.39 is 0 Å². The maximum Gasteiger partial charge on any atom is 0.290 e. The maximum absolute atomic E-state index is 13.5. The molecule has 0 radical (unpaired) electrons. The monoisotopic (exact) mass is 317 g/mol. The first kappa shape index (κ1) is 15.5. The van der Waals surface area contributed by atoms with Crippen molar-refractivity contribution in [1.29, 1.82) is 0 Å². The highest BCUT2D eigenvalue weighted by Crippen LogP contribution is 2.23. The number of nitrogens with zero attached hydrogens (tertiary/aromatic N) is 3. The number of halogens is 1. The summed E-state index contributed by atoms with van der Waals surface area (Å²) in [6.07, 6.45) is 3.48. The van der Waals surface area contributed by atoms with Gasteiger partial charge >= 0.3 is 0 Å². The first-order valence-electron chi connectivity index (χ1n) is 7.80. The Kier molecular flexibility index (Phi) is 4.60. The van der Waals surface area contributed by atoms with Gasteiger partial charge in [-0.05, 0) is 37.0 Å². The smallest absolute Gasteiger partial charge is 0.290 e. The summed E-state index contributed by atoms with van der Waals surface area (Å²) in [5.41, 5.74) is 0.615. The summed E-state index contributed by atoms with van der Waals surface area (Å²) in [5, 5.41) is 3.94. The molecule has 1 aliphatic rings. The molecule has 3 rings (SSSR count). The van der Waals surface area contributed by atoms with Gasteiger partial charge < -0.3 is 9.64 Å². The summed E-state index contributed by atoms with van der Waals surface area (Å²) in [6, 6.07) is 8.22. The van der Waals surface area contributed by atoms with E-state index in [1.54, 1.807) is 37.5 Å². The lowest BCUT2D eigenvalue weighted by Gasteiger charge is -2.32. The summed E-state index contributed by atoms with van der Waals surface area (Å²) in [6.45, 7) is 2.10. The fourth-order valence-corrected chi connectivity index (χ4v) is 2.84. The maximum atomic E-state index is 13.5. The zero-order valence-corrected chi connectivity index (χ0v) is 13.1. The molecule has 0 N–H and O–H groups in total. The van der Waals surface area contributed by atoms with E-state index in [1.807, 2.05) is 0 Å². The number of rotatable bonds is 4. The van der Waals surface area contributed by atoms with E-state index in [-0.39, 0.29) is 11.4 Å². The van der Waals surface area contributed by atoms with Gasteiger partial charge in [0.2, 0.25) is 0 Å². The van der Waals surface area contributed by atoms with Crippen molar-refractivity contribution >= 4 is 5.69 Å². The first-order valence-corrected chi connectivity index (χ1v) is 7.80. The first-order chi connectivity index (χ1) is 11.1. The molecule has 6 heteroatoms. The number of piperidine rings is 1. The van der Waals surface area contributed by atoms with Crippen LogP contribution < -0.4 is 15.2 Å². The van der Waals surface area contributed by atoms with Gasteiger partial charge in [-0.25, -0.2) is 9.07 Å². The molecule has 0 spiro atoms. The molecule has 2 aromatic rings. The number of hydrogen-bond acceptors (Lipinski definition) is 4. The van der Waals surface area contributed by atoms with Crippen molar-refractivity contribution in [2.24, 2.45) is 13.0 Å². The third-order valence-electron chi connectivity index (χ3n) is 4.25. The van der Waals surface area contributed by atoms with Crippen LogP contribution in [0.5, 0.6) is 5.75 Å². The quantitative estimate of drug-likeness (QED) is 0.867. The molecule has 1 fully saturated rings. The molecule has 0 bridgehead atoms. The van der Waals surface area contributed by atoms with E-state index in [1.165, 1.54) is 10.7 Å². The molecular formula is C17H20FN3O2. The number of anilines is 1.